The molecule has 5 rings (SSSR count). The Morgan fingerprint density at radius 2 is 1.23 bits per heavy atom. The summed E-state index contributed by atoms with van der Waals surface area (Å²) in [7, 11) is 0. The standard InChI is InChI=1S/C24H15N3O4/c28-21-19(17-13-7-8-14-18(17)25-21)20-22(29)26(15-9-3-1-4-10-15)24(31)27(23(20)30)16-11-5-2-6-12-16/h1-14,29H. The van der Waals surface area contributed by atoms with E-state index >= 15 is 0 Å². The van der Waals surface area contributed by atoms with Crippen molar-refractivity contribution in [3.8, 4) is 17.3 Å². The van der Waals surface area contributed by atoms with Gasteiger partial charge < -0.3 is 5.11 Å². The van der Waals surface area contributed by atoms with Gasteiger partial charge in [-0.15, -0.1) is 0 Å². The predicted octanol–water partition coefficient (Wildman–Crippen LogP) is 1.05. The molecule has 0 spiro atoms. The fraction of sp³-hybridized carbons (Fsp3) is 0. The number of aromatic nitrogens is 2. The van der Waals surface area contributed by atoms with Crippen LogP contribution in [0.1, 0.15) is 5.56 Å². The summed E-state index contributed by atoms with van der Waals surface area (Å²) < 4.78 is 1.97. The molecular formula is C24H15N3O4. The van der Waals surface area contributed by atoms with Crippen molar-refractivity contribution in [3.05, 3.63) is 122 Å². The number of hydrogen-bond donors (Lipinski definition) is 1. The third-order valence-corrected chi connectivity index (χ3v) is 5.12. The lowest BCUT2D eigenvalue weighted by molar-refractivity contribution is -0.112. The number of aromatic hydroxyl groups is 1. The van der Waals surface area contributed by atoms with Crippen molar-refractivity contribution in [1.82, 2.24) is 9.13 Å². The number of nitrogens with zero attached hydrogens (tertiary/aromatic N) is 3. The number of fused-ring (bicyclic) bond motifs is 1. The van der Waals surface area contributed by atoms with Gasteiger partial charge in [0.05, 0.1) is 22.3 Å². The van der Waals surface area contributed by atoms with Crippen molar-refractivity contribution in [2.75, 3.05) is 0 Å². The van der Waals surface area contributed by atoms with Gasteiger partial charge in [0.25, 0.3) is 11.5 Å². The first-order valence-electron chi connectivity index (χ1n) is 9.52. The fourth-order valence-electron chi connectivity index (χ4n) is 3.73. The summed E-state index contributed by atoms with van der Waals surface area (Å²) >= 11 is 0. The zero-order valence-corrected chi connectivity index (χ0v) is 16.1. The van der Waals surface area contributed by atoms with E-state index in [1.54, 1.807) is 84.9 Å². The molecule has 0 bridgehead atoms. The molecule has 1 aromatic heterocycles. The molecule has 3 aromatic carbocycles. The zero-order valence-electron chi connectivity index (χ0n) is 16.1. The molecule has 150 valence electrons. The second-order valence-electron chi connectivity index (χ2n) is 6.94. The van der Waals surface area contributed by atoms with Crippen molar-refractivity contribution in [1.29, 1.82) is 0 Å². The molecule has 0 aliphatic carbocycles. The van der Waals surface area contributed by atoms with E-state index in [2.05, 4.69) is 4.99 Å². The normalized spacial score (nSPS) is 12.5. The summed E-state index contributed by atoms with van der Waals surface area (Å²) in [6.07, 6.45) is 0. The van der Waals surface area contributed by atoms with Crippen molar-refractivity contribution >= 4 is 11.5 Å². The van der Waals surface area contributed by atoms with Gasteiger partial charge in [-0.05, 0) is 30.3 Å². The molecule has 0 radical (unpaired) electrons. The molecule has 0 unspecified atom stereocenters. The second-order valence-corrected chi connectivity index (χ2v) is 6.94. The monoisotopic (exact) mass is 409 g/mol. The number of carbonyl (C=O) groups excluding carboxylic acids is 1. The first-order chi connectivity index (χ1) is 15.1. The van der Waals surface area contributed by atoms with Gasteiger partial charge in [0.1, 0.15) is 5.56 Å². The van der Waals surface area contributed by atoms with Gasteiger partial charge in [-0.3, -0.25) is 9.59 Å². The Morgan fingerprint density at radius 3 is 1.87 bits per heavy atom. The first kappa shape index (κ1) is 18.5. The molecule has 0 saturated carbocycles. The van der Waals surface area contributed by atoms with E-state index < -0.39 is 23.0 Å². The van der Waals surface area contributed by atoms with Gasteiger partial charge in [0.2, 0.25) is 5.88 Å². The third-order valence-electron chi connectivity index (χ3n) is 5.12. The Morgan fingerprint density at radius 1 is 0.677 bits per heavy atom. The van der Waals surface area contributed by atoms with Gasteiger partial charge in [-0.2, -0.15) is 0 Å². The number of benzene rings is 3. The smallest absolute Gasteiger partial charge is 0.343 e. The van der Waals surface area contributed by atoms with Crippen LogP contribution in [0.4, 0.5) is 0 Å². The lowest BCUT2D eigenvalue weighted by atomic mass is 10.1. The molecule has 1 aliphatic rings. The SMILES string of the molecule is O=C1N=c2ccccc2=C1c1c(O)n(-c2ccccc2)c(=O)n(-c2ccccc2)c1=O. The Bertz CT molecular complexity index is 1580. The molecule has 7 nitrogen and oxygen atoms in total. The average molecular weight is 409 g/mol. The molecule has 31 heavy (non-hydrogen) atoms. The average Bonchev–Trinajstić information content (AvgIpc) is 3.11. The highest BCUT2D eigenvalue weighted by atomic mass is 16.3. The summed E-state index contributed by atoms with van der Waals surface area (Å²) in [5.41, 5.74) is -1.18. The summed E-state index contributed by atoms with van der Waals surface area (Å²) in [4.78, 5) is 43.6. The van der Waals surface area contributed by atoms with Crippen LogP contribution in [-0.2, 0) is 4.79 Å². The van der Waals surface area contributed by atoms with Crippen LogP contribution in [0.15, 0.2) is 99.5 Å². The van der Waals surface area contributed by atoms with E-state index in [-0.39, 0.29) is 11.1 Å². The van der Waals surface area contributed by atoms with Gasteiger partial charge in [0, 0.05) is 5.22 Å². The minimum absolute atomic E-state index is 0.0348. The highest BCUT2D eigenvalue weighted by molar-refractivity contribution is 6.21. The van der Waals surface area contributed by atoms with E-state index in [1.165, 1.54) is 0 Å². The van der Waals surface area contributed by atoms with Crippen LogP contribution < -0.4 is 21.8 Å². The fourth-order valence-corrected chi connectivity index (χ4v) is 3.73. The Labute approximate surface area is 175 Å². The summed E-state index contributed by atoms with van der Waals surface area (Å²) in [6, 6.07) is 23.6. The van der Waals surface area contributed by atoms with E-state index in [0.29, 0.717) is 22.0 Å². The highest BCUT2D eigenvalue weighted by Gasteiger charge is 2.29. The van der Waals surface area contributed by atoms with Crippen LogP contribution in [0.2, 0.25) is 0 Å². The van der Waals surface area contributed by atoms with Gasteiger partial charge in [-0.25, -0.2) is 18.9 Å². The van der Waals surface area contributed by atoms with Gasteiger partial charge >= 0.3 is 5.69 Å². The molecule has 1 amide bonds. The second kappa shape index (κ2) is 7.07. The molecular weight excluding hydrogens is 394 g/mol. The number of rotatable bonds is 3. The topological polar surface area (TPSA) is 93.7 Å². The quantitative estimate of drug-likeness (QED) is 0.547. The number of amides is 1. The molecule has 2 heterocycles. The molecule has 7 heteroatoms. The number of para-hydroxylation sites is 3. The van der Waals surface area contributed by atoms with Crippen LogP contribution in [0.25, 0.3) is 16.9 Å². The number of carbonyl (C=O) groups is 1. The largest absolute Gasteiger partial charge is 0.494 e. The van der Waals surface area contributed by atoms with E-state index in [1.807, 2.05) is 0 Å². The number of hydrogen-bond acceptors (Lipinski definition) is 4. The van der Waals surface area contributed by atoms with Crippen LogP contribution in [-0.4, -0.2) is 20.1 Å². The summed E-state index contributed by atoms with van der Waals surface area (Å²) in [5.74, 6) is -1.25. The summed E-state index contributed by atoms with van der Waals surface area (Å²) in [5, 5.41) is 11.9. The van der Waals surface area contributed by atoms with E-state index in [0.717, 1.165) is 9.13 Å². The first-order valence-corrected chi connectivity index (χ1v) is 9.52. The van der Waals surface area contributed by atoms with Crippen molar-refractivity contribution < 1.29 is 9.90 Å². The third kappa shape index (κ3) is 2.83. The minimum atomic E-state index is -0.795. The highest BCUT2D eigenvalue weighted by Crippen LogP contribution is 2.24. The Kier molecular flexibility index (Phi) is 4.22. The lowest BCUT2D eigenvalue weighted by Gasteiger charge is -2.16. The Balaban J connectivity index is 1.99. The molecule has 1 N–H and O–H groups in total. The van der Waals surface area contributed by atoms with E-state index in [4.69, 9.17) is 0 Å². The van der Waals surface area contributed by atoms with Gasteiger partial charge in [-0.1, -0.05) is 54.6 Å². The molecule has 0 atom stereocenters. The minimum Gasteiger partial charge on any atom is -0.494 e. The van der Waals surface area contributed by atoms with Crippen LogP contribution in [0.5, 0.6) is 5.88 Å². The zero-order chi connectivity index (χ0) is 21.5. The van der Waals surface area contributed by atoms with E-state index in [9.17, 15) is 19.5 Å². The lowest BCUT2D eigenvalue weighted by Crippen LogP contribution is -2.41. The molecule has 4 aromatic rings. The predicted molar refractivity (Wildman–Crippen MR) is 114 cm³/mol. The maximum atomic E-state index is 13.5. The molecule has 0 saturated heterocycles. The molecule has 1 aliphatic heterocycles. The maximum Gasteiger partial charge on any atom is 0.343 e. The Hall–Kier alpha value is -4.52. The van der Waals surface area contributed by atoms with Crippen molar-refractivity contribution in [2.45, 2.75) is 0 Å². The van der Waals surface area contributed by atoms with Crippen molar-refractivity contribution in [2.24, 2.45) is 4.99 Å². The van der Waals surface area contributed by atoms with Gasteiger partial charge in [0.15, 0.2) is 0 Å². The van der Waals surface area contributed by atoms with Crippen LogP contribution in [0, 0.1) is 0 Å². The van der Waals surface area contributed by atoms with Crippen molar-refractivity contribution in [3.63, 3.8) is 0 Å². The molecule has 0 fully saturated rings. The summed E-state index contributed by atoms with van der Waals surface area (Å²) in [6.45, 7) is 0. The van der Waals surface area contributed by atoms with Crippen LogP contribution >= 0.6 is 0 Å². The maximum absolute atomic E-state index is 13.5. The van der Waals surface area contributed by atoms with Crippen LogP contribution in [0.3, 0.4) is 0 Å².